The standard InChI is InChI=1S/C43H34/c1-5-25-24-28-19-18-26-12-11-13-27-20-21-35(39(28)37(26)27)38(25)33-22-23-36-40-32-16-9-7-14-30(32)31-15-8-10-17-34(31)42(40)43(3,4)41(36)29(33)6-2/h7-24H,5-6H2,1-4H3. The largest absolute Gasteiger partial charge is 0.0616 e. The molecule has 0 saturated heterocycles. The van der Waals surface area contributed by atoms with E-state index in [1.807, 2.05) is 0 Å². The lowest BCUT2D eigenvalue weighted by molar-refractivity contribution is 0.658. The number of hydrogen-bond acceptors (Lipinski definition) is 0. The van der Waals surface area contributed by atoms with Gasteiger partial charge in [0.15, 0.2) is 0 Å². The lowest BCUT2D eigenvalue weighted by Crippen LogP contribution is -2.18. The maximum atomic E-state index is 2.47. The molecule has 8 aromatic carbocycles. The number of hydrogen-bond donors (Lipinski definition) is 0. The normalized spacial score (nSPS) is 14.0. The van der Waals surface area contributed by atoms with Gasteiger partial charge >= 0.3 is 0 Å². The zero-order chi connectivity index (χ0) is 29.0. The molecule has 0 bridgehead atoms. The van der Waals surface area contributed by atoms with E-state index >= 15 is 0 Å². The lowest BCUT2D eigenvalue weighted by Gasteiger charge is -2.28. The Bertz CT molecular complexity index is 2420. The van der Waals surface area contributed by atoms with Crippen LogP contribution in [0.5, 0.6) is 0 Å². The lowest BCUT2D eigenvalue weighted by atomic mass is 9.75. The van der Waals surface area contributed by atoms with Crippen LogP contribution in [-0.4, -0.2) is 0 Å². The van der Waals surface area contributed by atoms with Gasteiger partial charge in [-0.15, -0.1) is 0 Å². The highest BCUT2D eigenvalue weighted by molar-refractivity contribution is 6.26. The van der Waals surface area contributed by atoms with Crippen LogP contribution in [0.25, 0.3) is 76.1 Å². The van der Waals surface area contributed by atoms with Gasteiger partial charge in [-0.1, -0.05) is 137 Å². The Morgan fingerprint density at radius 2 is 1.09 bits per heavy atom. The fourth-order valence-corrected chi connectivity index (χ4v) is 8.83. The first-order chi connectivity index (χ1) is 21.0. The molecule has 206 valence electrons. The molecule has 0 unspecified atom stereocenters. The summed E-state index contributed by atoms with van der Waals surface area (Å²) in [5.41, 5.74) is 11.5. The van der Waals surface area contributed by atoms with E-state index < -0.39 is 0 Å². The van der Waals surface area contributed by atoms with Crippen LogP contribution in [0.1, 0.15) is 49.9 Å². The second-order valence-corrected chi connectivity index (χ2v) is 13.0. The average Bonchev–Trinajstić information content (AvgIpc) is 3.30. The monoisotopic (exact) mass is 550 g/mol. The molecule has 8 aromatic rings. The fraction of sp³-hybridized carbons (Fsp3) is 0.163. The fourth-order valence-electron chi connectivity index (χ4n) is 8.83. The minimum Gasteiger partial charge on any atom is -0.0616 e. The first kappa shape index (κ1) is 24.9. The minimum absolute atomic E-state index is 0.119. The molecule has 0 spiro atoms. The molecule has 0 heteroatoms. The first-order valence-corrected chi connectivity index (χ1v) is 15.8. The minimum atomic E-state index is -0.119. The summed E-state index contributed by atoms with van der Waals surface area (Å²) in [6.45, 7) is 9.60. The van der Waals surface area contributed by atoms with E-state index in [1.54, 1.807) is 0 Å². The Labute approximate surface area is 252 Å². The molecule has 0 heterocycles. The van der Waals surface area contributed by atoms with Gasteiger partial charge in [0.1, 0.15) is 0 Å². The van der Waals surface area contributed by atoms with Gasteiger partial charge < -0.3 is 0 Å². The van der Waals surface area contributed by atoms with Gasteiger partial charge in [-0.3, -0.25) is 0 Å². The maximum Gasteiger partial charge on any atom is 0.0168 e. The summed E-state index contributed by atoms with van der Waals surface area (Å²) in [6, 6.07) is 41.5. The Morgan fingerprint density at radius 1 is 0.465 bits per heavy atom. The molecule has 0 amide bonds. The van der Waals surface area contributed by atoms with Crippen molar-refractivity contribution in [3.8, 4) is 22.3 Å². The third kappa shape index (κ3) is 3.11. The molecule has 0 aromatic heterocycles. The van der Waals surface area contributed by atoms with Crippen molar-refractivity contribution < 1.29 is 0 Å². The Morgan fingerprint density at radius 3 is 1.81 bits per heavy atom. The van der Waals surface area contributed by atoms with Crippen molar-refractivity contribution in [1.82, 2.24) is 0 Å². The van der Waals surface area contributed by atoms with Crippen LogP contribution in [0, 0.1) is 0 Å². The molecule has 0 atom stereocenters. The quantitative estimate of drug-likeness (QED) is 0.192. The van der Waals surface area contributed by atoms with E-state index in [0.29, 0.717) is 0 Å². The van der Waals surface area contributed by atoms with Crippen LogP contribution in [-0.2, 0) is 18.3 Å². The van der Waals surface area contributed by atoms with E-state index in [4.69, 9.17) is 0 Å². The summed E-state index contributed by atoms with van der Waals surface area (Å²) in [6.07, 6.45) is 2.00. The predicted octanol–water partition coefficient (Wildman–Crippen LogP) is 12.0. The number of rotatable bonds is 3. The van der Waals surface area contributed by atoms with Crippen LogP contribution >= 0.6 is 0 Å². The zero-order valence-corrected chi connectivity index (χ0v) is 25.3. The number of benzene rings is 8. The predicted molar refractivity (Wildman–Crippen MR) is 187 cm³/mol. The average molecular weight is 551 g/mol. The molecule has 0 aliphatic heterocycles. The molecular formula is C43H34. The Kier molecular flexibility index (Phi) is 5.02. The van der Waals surface area contributed by atoms with Crippen molar-refractivity contribution >= 4 is 53.9 Å². The molecule has 43 heavy (non-hydrogen) atoms. The van der Waals surface area contributed by atoms with E-state index in [9.17, 15) is 0 Å². The second kappa shape index (κ2) is 8.68. The van der Waals surface area contributed by atoms with E-state index in [2.05, 4.69) is 137 Å². The zero-order valence-electron chi connectivity index (χ0n) is 25.3. The van der Waals surface area contributed by atoms with Crippen molar-refractivity contribution in [3.05, 3.63) is 131 Å². The summed E-state index contributed by atoms with van der Waals surface area (Å²) in [5, 5.41) is 13.7. The first-order valence-electron chi connectivity index (χ1n) is 15.8. The molecule has 0 nitrogen and oxygen atoms in total. The van der Waals surface area contributed by atoms with Crippen molar-refractivity contribution in [1.29, 1.82) is 0 Å². The molecule has 0 fully saturated rings. The second-order valence-electron chi connectivity index (χ2n) is 13.0. The van der Waals surface area contributed by atoms with Crippen LogP contribution in [0.4, 0.5) is 0 Å². The van der Waals surface area contributed by atoms with Gasteiger partial charge in [-0.25, -0.2) is 0 Å². The molecule has 1 aliphatic rings. The third-order valence-corrected chi connectivity index (χ3v) is 10.5. The molecule has 0 saturated carbocycles. The van der Waals surface area contributed by atoms with Crippen molar-refractivity contribution in [2.45, 2.75) is 46.0 Å². The Hall–Kier alpha value is -4.68. The number of fused-ring (bicyclic) bond motifs is 8. The summed E-state index contributed by atoms with van der Waals surface area (Å²) in [4.78, 5) is 0. The third-order valence-electron chi connectivity index (χ3n) is 10.5. The van der Waals surface area contributed by atoms with Crippen molar-refractivity contribution in [2.24, 2.45) is 0 Å². The summed E-state index contributed by atoms with van der Waals surface area (Å²) < 4.78 is 0. The van der Waals surface area contributed by atoms with Crippen LogP contribution in [0.3, 0.4) is 0 Å². The van der Waals surface area contributed by atoms with Gasteiger partial charge in [0.2, 0.25) is 0 Å². The Balaban J connectivity index is 1.42. The highest BCUT2D eigenvalue weighted by Gasteiger charge is 2.40. The van der Waals surface area contributed by atoms with Crippen molar-refractivity contribution in [3.63, 3.8) is 0 Å². The maximum absolute atomic E-state index is 2.47. The van der Waals surface area contributed by atoms with E-state index in [0.717, 1.165) is 12.8 Å². The van der Waals surface area contributed by atoms with Crippen LogP contribution in [0.15, 0.2) is 109 Å². The highest BCUT2D eigenvalue weighted by Crippen LogP contribution is 2.57. The van der Waals surface area contributed by atoms with Gasteiger partial charge in [0, 0.05) is 5.41 Å². The SMILES string of the molecule is CCc1cc2ccc3cccc4ccc(c1-c1ccc5c(c1CC)C(C)(C)c1c-5c5ccccc5c5ccccc15)c2c34. The molecule has 9 rings (SSSR count). The number of aryl methyl sites for hydroxylation is 1. The summed E-state index contributed by atoms with van der Waals surface area (Å²) >= 11 is 0. The van der Waals surface area contributed by atoms with Gasteiger partial charge in [0.05, 0.1) is 0 Å². The van der Waals surface area contributed by atoms with Gasteiger partial charge in [-0.2, -0.15) is 0 Å². The highest BCUT2D eigenvalue weighted by atomic mass is 14.4. The van der Waals surface area contributed by atoms with Crippen LogP contribution in [0.2, 0.25) is 0 Å². The van der Waals surface area contributed by atoms with Crippen LogP contribution < -0.4 is 0 Å². The van der Waals surface area contributed by atoms with E-state index in [-0.39, 0.29) is 5.41 Å². The van der Waals surface area contributed by atoms with Gasteiger partial charge in [0.25, 0.3) is 0 Å². The topological polar surface area (TPSA) is 0 Å². The smallest absolute Gasteiger partial charge is 0.0168 e. The van der Waals surface area contributed by atoms with Gasteiger partial charge in [-0.05, 0) is 111 Å². The summed E-state index contributed by atoms with van der Waals surface area (Å²) in [5.74, 6) is 0. The molecule has 1 aliphatic carbocycles. The van der Waals surface area contributed by atoms with E-state index in [1.165, 1.54) is 98.4 Å². The molecular weight excluding hydrogens is 516 g/mol. The summed E-state index contributed by atoms with van der Waals surface area (Å²) in [7, 11) is 0. The molecule has 0 N–H and O–H groups in total. The van der Waals surface area contributed by atoms with Crippen molar-refractivity contribution in [2.75, 3.05) is 0 Å². The molecule has 0 radical (unpaired) electrons.